The molecule has 2 fully saturated rings. The van der Waals surface area contributed by atoms with Crippen LogP contribution in [0.15, 0.2) is 4.52 Å². The van der Waals surface area contributed by atoms with Gasteiger partial charge in [-0.2, -0.15) is 4.98 Å². The summed E-state index contributed by atoms with van der Waals surface area (Å²) in [5, 5.41) is 13.0. The molecule has 1 aromatic heterocycles. The van der Waals surface area contributed by atoms with Crippen molar-refractivity contribution in [2.75, 3.05) is 19.7 Å². The molecule has 5 nitrogen and oxygen atoms in total. The van der Waals surface area contributed by atoms with Crippen LogP contribution in [0.5, 0.6) is 0 Å². The maximum atomic E-state index is 8.92. The lowest BCUT2D eigenvalue weighted by Gasteiger charge is -2.12. The van der Waals surface area contributed by atoms with Gasteiger partial charge in [-0.15, -0.1) is 0 Å². The molecule has 3 rings (SSSR count). The van der Waals surface area contributed by atoms with Gasteiger partial charge in [-0.3, -0.25) is 4.90 Å². The molecule has 0 spiro atoms. The molecule has 17 heavy (non-hydrogen) atoms. The van der Waals surface area contributed by atoms with E-state index < -0.39 is 0 Å². The van der Waals surface area contributed by atoms with Crippen LogP contribution < -0.4 is 0 Å². The van der Waals surface area contributed by atoms with E-state index in [0.717, 1.165) is 37.8 Å². The van der Waals surface area contributed by atoms with Gasteiger partial charge < -0.3 is 9.63 Å². The predicted molar refractivity (Wildman–Crippen MR) is 61.4 cm³/mol. The van der Waals surface area contributed by atoms with E-state index in [0.29, 0.717) is 18.4 Å². The first-order valence-corrected chi connectivity index (χ1v) is 6.51. The van der Waals surface area contributed by atoms with Gasteiger partial charge in [0, 0.05) is 19.1 Å². The molecule has 1 saturated heterocycles. The largest absolute Gasteiger partial charge is 0.396 e. The Balaban J connectivity index is 1.52. The van der Waals surface area contributed by atoms with Crippen LogP contribution in [0.4, 0.5) is 0 Å². The third-order valence-corrected chi connectivity index (χ3v) is 3.68. The Hall–Kier alpha value is -0.940. The van der Waals surface area contributed by atoms with Crippen molar-refractivity contribution in [3.05, 3.63) is 11.7 Å². The molecule has 1 N–H and O–H groups in total. The van der Waals surface area contributed by atoms with E-state index in [-0.39, 0.29) is 0 Å². The molecule has 5 heteroatoms. The summed E-state index contributed by atoms with van der Waals surface area (Å²) in [7, 11) is 0. The van der Waals surface area contributed by atoms with Crippen molar-refractivity contribution in [2.45, 2.75) is 38.1 Å². The molecule has 1 aliphatic carbocycles. The number of rotatable bonds is 5. The van der Waals surface area contributed by atoms with Crippen molar-refractivity contribution in [2.24, 2.45) is 5.92 Å². The lowest BCUT2D eigenvalue weighted by molar-refractivity contribution is 0.247. The van der Waals surface area contributed by atoms with Crippen LogP contribution in [0.3, 0.4) is 0 Å². The zero-order chi connectivity index (χ0) is 11.7. The number of likely N-dealkylation sites (tertiary alicyclic amines) is 1. The lowest BCUT2D eigenvalue weighted by Crippen LogP contribution is -2.21. The van der Waals surface area contributed by atoms with Crippen molar-refractivity contribution in [1.82, 2.24) is 15.0 Å². The summed E-state index contributed by atoms with van der Waals surface area (Å²) in [6, 6.07) is 0. The highest BCUT2D eigenvalue weighted by atomic mass is 16.5. The Bertz CT molecular complexity index is 376. The molecule has 0 aromatic carbocycles. The highest BCUT2D eigenvalue weighted by molar-refractivity contribution is 5.01. The third-order valence-electron chi connectivity index (χ3n) is 3.68. The monoisotopic (exact) mass is 237 g/mol. The van der Waals surface area contributed by atoms with Gasteiger partial charge in [0.1, 0.15) is 0 Å². The number of hydrogen-bond acceptors (Lipinski definition) is 5. The molecule has 1 aromatic rings. The second-order valence-electron chi connectivity index (χ2n) is 5.23. The van der Waals surface area contributed by atoms with Crippen molar-refractivity contribution >= 4 is 0 Å². The summed E-state index contributed by atoms with van der Waals surface area (Å²) in [4.78, 5) is 6.79. The molecule has 1 atom stereocenters. The Morgan fingerprint density at radius 2 is 2.24 bits per heavy atom. The second-order valence-corrected chi connectivity index (χ2v) is 5.23. The minimum Gasteiger partial charge on any atom is -0.396 e. The van der Waals surface area contributed by atoms with E-state index in [1.807, 2.05) is 0 Å². The van der Waals surface area contributed by atoms with E-state index in [1.165, 1.54) is 19.3 Å². The first-order valence-electron chi connectivity index (χ1n) is 6.51. The molecular formula is C12H19N3O2. The minimum absolute atomic E-state index is 0.298. The van der Waals surface area contributed by atoms with Crippen LogP contribution in [0.1, 0.15) is 43.3 Å². The topological polar surface area (TPSA) is 62.4 Å². The van der Waals surface area contributed by atoms with Crippen molar-refractivity contribution in [3.63, 3.8) is 0 Å². The van der Waals surface area contributed by atoms with Crippen LogP contribution in [0.2, 0.25) is 0 Å². The van der Waals surface area contributed by atoms with Crippen molar-refractivity contribution < 1.29 is 9.63 Å². The fraction of sp³-hybridized carbons (Fsp3) is 0.833. The first-order chi connectivity index (χ1) is 8.35. The Morgan fingerprint density at radius 1 is 1.35 bits per heavy atom. The summed E-state index contributed by atoms with van der Waals surface area (Å²) in [6.07, 6.45) is 4.48. The number of hydrogen-bond donors (Lipinski definition) is 1. The molecule has 1 unspecified atom stereocenters. The van der Waals surface area contributed by atoms with Crippen LogP contribution in [0, 0.1) is 5.92 Å². The Morgan fingerprint density at radius 3 is 3.00 bits per heavy atom. The summed E-state index contributed by atoms with van der Waals surface area (Å²) < 4.78 is 5.25. The van der Waals surface area contributed by atoms with Gasteiger partial charge in [0.25, 0.3) is 0 Å². The van der Waals surface area contributed by atoms with E-state index in [4.69, 9.17) is 9.63 Å². The molecule has 2 aliphatic rings. The molecule has 0 radical (unpaired) electrons. The van der Waals surface area contributed by atoms with Gasteiger partial charge >= 0.3 is 0 Å². The van der Waals surface area contributed by atoms with E-state index >= 15 is 0 Å². The fourth-order valence-corrected chi connectivity index (χ4v) is 2.50. The molecular weight excluding hydrogens is 218 g/mol. The highest BCUT2D eigenvalue weighted by Crippen LogP contribution is 2.38. The quantitative estimate of drug-likeness (QED) is 0.832. The molecule has 0 amide bonds. The normalized spacial score (nSPS) is 25.6. The zero-order valence-electron chi connectivity index (χ0n) is 10.0. The maximum absolute atomic E-state index is 8.92. The summed E-state index contributed by atoms with van der Waals surface area (Å²) in [6.45, 7) is 3.22. The standard InChI is InChI=1S/C12H19N3O2/c16-6-4-9-3-5-15(7-9)8-11-13-12(17-14-11)10-1-2-10/h9-10,16H,1-8H2. The number of aliphatic hydroxyl groups excluding tert-OH is 1. The van der Waals surface area contributed by atoms with Crippen molar-refractivity contribution in [3.8, 4) is 0 Å². The number of nitrogens with zero attached hydrogens (tertiary/aromatic N) is 3. The summed E-state index contributed by atoms with van der Waals surface area (Å²) in [5.74, 6) is 2.81. The highest BCUT2D eigenvalue weighted by Gasteiger charge is 2.30. The maximum Gasteiger partial charge on any atom is 0.229 e. The van der Waals surface area contributed by atoms with Gasteiger partial charge in [-0.25, -0.2) is 0 Å². The number of aromatic nitrogens is 2. The SMILES string of the molecule is OCCC1CCN(Cc2noc(C3CC3)n2)C1. The van der Waals surface area contributed by atoms with Crippen LogP contribution in [-0.2, 0) is 6.54 Å². The van der Waals surface area contributed by atoms with Crippen LogP contribution in [-0.4, -0.2) is 39.8 Å². The molecule has 94 valence electrons. The summed E-state index contributed by atoms with van der Waals surface area (Å²) in [5.41, 5.74) is 0. The predicted octanol–water partition coefficient (Wildman–Crippen LogP) is 1.15. The molecule has 2 heterocycles. The van der Waals surface area contributed by atoms with E-state index in [2.05, 4.69) is 15.0 Å². The minimum atomic E-state index is 0.298. The van der Waals surface area contributed by atoms with Gasteiger partial charge in [0.15, 0.2) is 5.82 Å². The second kappa shape index (κ2) is 4.74. The Labute approximate surface area is 101 Å². The zero-order valence-corrected chi connectivity index (χ0v) is 10.0. The Kier molecular flexibility index (Phi) is 3.11. The first kappa shape index (κ1) is 11.2. The van der Waals surface area contributed by atoms with E-state index in [9.17, 15) is 0 Å². The fourth-order valence-electron chi connectivity index (χ4n) is 2.50. The van der Waals surface area contributed by atoms with Gasteiger partial charge in [0.2, 0.25) is 5.89 Å². The van der Waals surface area contributed by atoms with Gasteiger partial charge in [-0.1, -0.05) is 5.16 Å². The molecule has 0 bridgehead atoms. The van der Waals surface area contributed by atoms with Crippen LogP contribution in [0.25, 0.3) is 0 Å². The molecule has 1 aliphatic heterocycles. The van der Waals surface area contributed by atoms with Crippen molar-refractivity contribution in [1.29, 1.82) is 0 Å². The van der Waals surface area contributed by atoms with Gasteiger partial charge in [-0.05, 0) is 38.1 Å². The van der Waals surface area contributed by atoms with Crippen LogP contribution >= 0.6 is 0 Å². The third kappa shape index (κ3) is 2.66. The number of aliphatic hydroxyl groups is 1. The average molecular weight is 237 g/mol. The average Bonchev–Trinajstić information content (AvgIpc) is 2.92. The van der Waals surface area contributed by atoms with Gasteiger partial charge in [0.05, 0.1) is 6.54 Å². The van der Waals surface area contributed by atoms with E-state index in [1.54, 1.807) is 0 Å². The molecule has 1 saturated carbocycles. The smallest absolute Gasteiger partial charge is 0.229 e. The summed E-state index contributed by atoms with van der Waals surface area (Å²) >= 11 is 0. The lowest BCUT2D eigenvalue weighted by atomic mass is 10.1.